The Bertz CT molecular complexity index is 880. The maximum Gasteiger partial charge on any atom is 0.223 e. The second-order valence-corrected chi connectivity index (χ2v) is 8.83. The number of rotatable bonds is 7. The fourth-order valence-corrected chi connectivity index (χ4v) is 4.54. The van der Waals surface area contributed by atoms with Crippen molar-refractivity contribution in [2.24, 2.45) is 5.92 Å². The maximum absolute atomic E-state index is 12.9. The molecule has 162 valence electrons. The van der Waals surface area contributed by atoms with E-state index in [1.807, 2.05) is 31.2 Å². The first-order valence-electron chi connectivity index (χ1n) is 10.5. The van der Waals surface area contributed by atoms with Crippen molar-refractivity contribution < 1.29 is 9.53 Å². The highest BCUT2D eigenvalue weighted by molar-refractivity contribution is 6.35. The summed E-state index contributed by atoms with van der Waals surface area (Å²) in [6.45, 7) is 6.68. The van der Waals surface area contributed by atoms with Gasteiger partial charge in [0.1, 0.15) is 5.75 Å². The summed E-state index contributed by atoms with van der Waals surface area (Å²) in [7, 11) is 1.67. The van der Waals surface area contributed by atoms with E-state index >= 15 is 0 Å². The number of carbonyl (C=O) groups excluding carboxylic acids is 1. The normalized spacial score (nSPS) is 16.3. The lowest BCUT2D eigenvalue weighted by Crippen LogP contribution is -2.41. The molecule has 0 spiro atoms. The zero-order chi connectivity index (χ0) is 21.7. The quantitative estimate of drug-likeness (QED) is 0.582. The van der Waals surface area contributed by atoms with Crippen LogP contribution >= 0.6 is 23.2 Å². The van der Waals surface area contributed by atoms with Gasteiger partial charge >= 0.3 is 0 Å². The van der Waals surface area contributed by atoms with Crippen molar-refractivity contribution in [2.75, 3.05) is 20.2 Å². The van der Waals surface area contributed by atoms with Crippen LogP contribution in [0.15, 0.2) is 36.4 Å². The first-order valence-corrected chi connectivity index (χ1v) is 11.3. The van der Waals surface area contributed by atoms with Crippen LogP contribution in [0.4, 0.5) is 0 Å². The summed E-state index contributed by atoms with van der Waals surface area (Å²) in [5.74, 6) is 1.07. The van der Waals surface area contributed by atoms with Crippen molar-refractivity contribution >= 4 is 29.1 Å². The van der Waals surface area contributed by atoms with E-state index in [0.29, 0.717) is 10.0 Å². The third-order valence-electron chi connectivity index (χ3n) is 5.91. The molecular weight excluding hydrogens is 419 g/mol. The van der Waals surface area contributed by atoms with Gasteiger partial charge in [-0.05, 0) is 74.2 Å². The van der Waals surface area contributed by atoms with Crippen molar-refractivity contribution in [1.82, 2.24) is 10.2 Å². The van der Waals surface area contributed by atoms with Crippen LogP contribution in [0.2, 0.25) is 10.0 Å². The third kappa shape index (κ3) is 5.69. The van der Waals surface area contributed by atoms with Gasteiger partial charge in [0.05, 0.1) is 13.2 Å². The average Bonchev–Trinajstić information content (AvgIpc) is 2.74. The largest absolute Gasteiger partial charge is 0.496 e. The summed E-state index contributed by atoms with van der Waals surface area (Å²) in [6, 6.07) is 11.8. The van der Waals surface area contributed by atoms with Gasteiger partial charge in [0, 0.05) is 22.5 Å². The first-order chi connectivity index (χ1) is 14.4. The molecule has 0 bridgehead atoms. The van der Waals surface area contributed by atoms with Crippen molar-refractivity contribution in [1.29, 1.82) is 0 Å². The number of nitrogens with one attached hydrogen (secondary N) is 1. The minimum atomic E-state index is 0.0213. The Kier molecular flexibility index (Phi) is 8.04. The minimum absolute atomic E-state index is 0.0213. The van der Waals surface area contributed by atoms with Gasteiger partial charge in [-0.1, -0.05) is 48.3 Å². The Morgan fingerprint density at radius 3 is 2.53 bits per heavy atom. The minimum Gasteiger partial charge on any atom is -0.496 e. The molecule has 30 heavy (non-hydrogen) atoms. The number of methoxy groups -OCH3 is 1. The Balaban J connectivity index is 1.54. The zero-order valence-electron chi connectivity index (χ0n) is 17.9. The van der Waals surface area contributed by atoms with E-state index in [1.165, 1.54) is 0 Å². The van der Waals surface area contributed by atoms with Gasteiger partial charge in [-0.2, -0.15) is 0 Å². The lowest BCUT2D eigenvalue weighted by atomic mass is 9.94. The summed E-state index contributed by atoms with van der Waals surface area (Å²) < 4.78 is 5.35. The molecule has 4 nitrogen and oxygen atoms in total. The molecule has 1 aliphatic heterocycles. The van der Waals surface area contributed by atoms with Crippen LogP contribution in [-0.2, 0) is 11.3 Å². The first kappa shape index (κ1) is 22.9. The number of likely N-dealkylation sites (tertiary alicyclic amines) is 1. The molecule has 6 heteroatoms. The van der Waals surface area contributed by atoms with Gasteiger partial charge < -0.3 is 10.1 Å². The monoisotopic (exact) mass is 448 g/mol. The summed E-state index contributed by atoms with van der Waals surface area (Å²) >= 11 is 12.3. The number of hydrogen-bond donors (Lipinski definition) is 1. The van der Waals surface area contributed by atoms with Crippen LogP contribution in [-0.4, -0.2) is 31.0 Å². The van der Waals surface area contributed by atoms with E-state index in [-0.39, 0.29) is 17.9 Å². The molecule has 1 amide bonds. The van der Waals surface area contributed by atoms with Crippen molar-refractivity contribution in [3.63, 3.8) is 0 Å². The zero-order valence-corrected chi connectivity index (χ0v) is 19.4. The number of carbonyl (C=O) groups is 1. The number of halogens is 2. The predicted molar refractivity (Wildman–Crippen MR) is 123 cm³/mol. The standard InChI is InChI=1S/C24H30Cl2N2O2/c1-4-22(18-6-8-23(30-3)16(2)13-18)27-24(29)17-9-11-28(12-10-17)15-19-5-7-20(25)14-21(19)26/h5-8,13-14,17,22H,4,9-12,15H2,1-3H3,(H,27,29)/t22-/m0/s1. The highest BCUT2D eigenvalue weighted by atomic mass is 35.5. The number of amides is 1. The molecule has 0 aromatic heterocycles. The molecule has 0 saturated carbocycles. The molecular formula is C24H30Cl2N2O2. The van der Waals surface area contributed by atoms with Gasteiger partial charge in [-0.25, -0.2) is 0 Å². The van der Waals surface area contributed by atoms with Crippen LogP contribution < -0.4 is 10.1 Å². The molecule has 1 fully saturated rings. The molecule has 2 aromatic rings. The Labute approximate surface area is 189 Å². The SMILES string of the molecule is CC[C@H](NC(=O)C1CCN(Cc2ccc(Cl)cc2Cl)CC1)c1ccc(OC)c(C)c1. The second-order valence-electron chi connectivity index (χ2n) is 7.98. The Morgan fingerprint density at radius 1 is 1.20 bits per heavy atom. The molecule has 2 aromatic carbocycles. The molecule has 1 atom stereocenters. The summed E-state index contributed by atoms with van der Waals surface area (Å²) in [5.41, 5.74) is 3.28. The summed E-state index contributed by atoms with van der Waals surface area (Å²) in [6.07, 6.45) is 2.57. The molecule has 0 unspecified atom stereocenters. The van der Waals surface area contributed by atoms with Crippen LogP contribution in [0.1, 0.15) is 48.9 Å². The number of piperidine rings is 1. The van der Waals surface area contributed by atoms with E-state index in [2.05, 4.69) is 23.2 Å². The molecule has 1 saturated heterocycles. The number of aryl methyl sites for hydroxylation is 1. The Hall–Kier alpha value is -1.75. The van der Waals surface area contributed by atoms with Gasteiger partial charge in [-0.15, -0.1) is 0 Å². The smallest absolute Gasteiger partial charge is 0.223 e. The molecule has 0 aliphatic carbocycles. The second kappa shape index (κ2) is 10.5. The number of ether oxygens (including phenoxy) is 1. The van der Waals surface area contributed by atoms with Gasteiger partial charge in [0.15, 0.2) is 0 Å². The van der Waals surface area contributed by atoms with E-state index in [0.717, 1.165) is 61.3 Å². The topological polar surface area (TPSA) is 41.6 Å². The van der Waals surface area contributed by atoms with Crippen molar-refractivity contribution in [2.45, 2.75) is 45.7 Å². The average molecular weight is 449 g/mol. The fraction of sp³-hybridized carbons (Fsp3) is 0.458. The molecule has 1 heterocycles. The van der Waals surface area contributed by atoms with Crippen LogP contribution in [0.5, 0.6) is 5.75 Å². The highest BCUT2D eigenvalue weighted by Gasteiger charge is 2.27. The molecule has 1 aliphatic rings. The fourth-order valence-electron chi connectivity index (χ4n) is 4.07. The van der Waals surface area contributed by atoms with E-state index in [4.69, 9.17) is 27.9 Å². The maximum atomic E-state index is 12.9. The predicted octanol–water partition coefficient (Wildman–Crippen LogP) is 5.79. The van der Waals surface area contributed by atoms with Gasteiger partial charge in [-0.3, -0.25) is 9.69 Å². The van der Waals surface area contributed by atoms with Gasteiger partial charge in [0.25, 0.3) is 0 Å². The van der Waals surface area contributed by atoms with E-state index < -0.39 is 0 Å². The molecule has 0 radical (unpaired) electrons. The van der Waals surface area contributed by atoms with Crippen molar-refractivity contribution in [3.8, 4) is 5.75 Å². The molecule has 3 rings (SSSR count). The van der Waals surface area contributed by atoms with Crippen LogP contribution in [0.25, 0.3) is 0 Å². The number of benzene rings is 2. The summed E-state index contributed by atoms with van der Waals surface area (Å²) in [4.78, 5) is 15.3. The van der Waals surface area contributed by atoms with Crippen LogP contribution in [0.3, 0.4) is 0 Å². The lowest BCUT2D eigenvalue weighted by molar-refractivity contribution is -0.127. The lowest BCUT2D eigenvalue weighted by Gasteiger charge is -2.32. The van der Waals surface area contributed by atoms with Gasteiger partial charge in [0.2, 0.25) is 5.91 Å². The summed E-state index contributed by atoms with van der Waals surface area (Å²) in [5, 5.41) is 4.61. The number of hydrogen-bond acceptors (Lipinski definition) is 3. The highest BCUT2D eigenvalue weighted by Crippen LogP contribution is 2.27. The third-order valence-corrected chi connectivity index (χ3v) is 6.50. The number of nitrogens with zero attached hydrogens (tertiary/aromatic N) is 1. The Morgan fingerprint density at radius 2 is 1.93 bits per heavy atom. The van der Waals surface area contributed by atoms with Crippen LogP contribution in [0, 0.1) is 12.8 Å². The van der Waals surface area contributed by atoms with Crippen molar-refractivity contribution in [3.05, 3.63) is 63.1 Å². The van der Waals surface area contributed by atoms with E-state index in [9.17, 15) is 4.79 Å². The van der Waals surface area contributed by atoms with E-state index in [1.54, 1.807) is 13.2 Å². The molecule has 1 N–H and O–H groups in total.